The molecule has 31 heavy (non-hydrogen) atoms. The average molecular weight is 490 g/mol. The second kappa shape index (κ2) is 8.97. The normalized spacial score (nSPS) is 13.9. The van der Waals surface area contributed by atoms with Gasteiger partial charge in [0.1, 0.15) is 10.6 Å². The van der Waals surface area contributed by atoms with E-state index in [1.807, 2.05) is 43.3 Å². The van der Waals surface area contributed by atoms with Crippen LogP contribution in [0.3, 0.4) is 0 Å². The molecule has 0 atom stereocenters. The standard InChI is InChI=1S/C23H15Cl3N2O2S/c1-13-7-8-14(11-18(13)25)27-20-21(31-16-5-3-2-4-6-16)23(30)28(22(20)29)15-9-10-17(24)19(26)12-15/h2-12,27H,1H3. The number of imide groups is 1. The number of rotatable bonds is 5. The number of anilines is 2. The van der Waals surface area contributed by atoms with Crippen LogP contribution in [0.2, 0.25) is 15.1 Å². The molecule has 0 aliphatic carbocycles. The van der Waals surface area contributed by atoms with Gasteiger partial charge in [-0.2, -0.15) is 0 Å². The highest BCUT2D eigenvalue weighted by atomic mass is 35.5. The van der Waals surface area contributed by atoms with Crippen molar-refractivity contribution >= 4 is 69.8 Å². The van der Waals surface area contributed by atoms with Crippen LogP contribution in [0, 0.1) is 6.92 Å². The largest absolute Gasteiger partial charge is 0.350 e. The Bertz CT molecular complexity index is 1230. The summed E-state index contributed by atoms with van der Waals surface area (Å²) in [5.41, 5.74) is 2.03. The summed E-state index contributed by atoms with van der Waals surface area (Å²) in [7, 11) is 0. The fourth-order valence-corrected chi connectivity index (χ4v) is 4.42. The maximum absolute atomic E-state index is 13.3. The molecule has 0 fully saturated rings. The smallest absolute Gasteiger partial charge is 0.283 e. The number of aryl methyl sites for hydroxylation is 1. The monoisotopic (exact) mass is 488 g/mol. The van der Waals surface area contributed by atoms with E-state index >= 15 is 0 Å². The van der Waals surface area contributed by atoms with E-state index in [0.717, 1.165) is 15.4 Å². The minimum Gasteiger partial charge on any atom is -0.350 e. The molecule has 1 aliphatic rings. The number of hydrogen-bond donors (Lipinski definition) is 1. The van der Waals surface area contributed by atoms with Crippen LogP contribution >= 0.6 is 46.6 Å². The second-order valence-corrected chi connectivity index (χ2v) is 9.06. The molecule has 0 unspecified atom stereocenters. The third-order valence-corrected chi connectivity index (χ3v) is 6.84. The van der Waals surface area contributed by atoms with Crippen molar-refractivity contribution < 1.29 is 9.59 Å². The number of nitrogens with zero attached hydrogens (tertiary/aromatic N) is 1. The van der Waals surface area contributed by atoms with Crippen molar-refractivity contribution in [1.82, 2.24) is 0 Å². The fraction of sp³-hybridized carbons (Fsp3) is 0.0435. The molecular formula is C23H15Cl3N2O2S. The summed E-state index contributed by atoms with van der Waals surface area (Å²) in [5.74, 6) is -0.934. The lowest BCUT2D eigenvalue weighted by Gasteiger charge is -2.16. The van der Waals surface area contributed by atoms with Gasteiger partial charge in [-0.1, -0.05) is 70.8 Å². The fourth-order valence-electron chi connectivity index (χ4n) is 2.99. The number of carbonyl (C=O) groups is 2. The Morgan fingerprint density at radius 1 is 0.806 bits per heavy atom. The van der Waals surface area contributed by atoms with Crippen LogP contribution in [0.1, 0.15) is 5.56 Å². The maximum atomic E-state index is 13.3. The maximum Gasteiger partial charge on any atom is 0.283 e. The first-order valence-corrected chi connectivity index (χ1v) is 11.1. The summed E-state index contributed by atoms with van der Waals surface area (Å²) >= 11 is 19.6. The van der Waals surface area contributed by atoms with Crippen LogP contribution in [0.25, 0.3) is 0 Å². The van der Waals surface area contributed by atoms with Crippen LogP contribution in [0.15, 0.2) is 82.2 Å². The zero-order valence-electron chi connectivity index (χ0n) is 16.2. The highest BCUT2D eigenvalue weighted by Crippen LogP contribution is 2.39. The minimum atomic E-state index is -0.487. The predicted molar refractivity (Wildman–Crippen MR) is 128 cm³/mol. The number of halogens is 3. The van der Waals surface area contributed by atoms with Crippen LogP contribution in [-0.2, 0) is 9.59 Å². The van der Waals surface area contributed by atoms with Gasteiger partial charge in [-0.25, -0.2) is 4.90 Å². The van der Waals surface area contributed by atoms with Gasteiger partial charge in [0.25, 0.3) is 11.8 Å². The molecule has 1 heterocycles. The predicted octanol–water partition coefficient (Wildman–Crippen LogP) is 6.94. The molecule has 8 heteroatoms. The molecular weight excluding hydrogens is 475 g/mol. The Morgan fingerprint density at radius 3 is 2.23 bits per heavy atom. The van der Waals surface area contributed by atoms with Crippen LogP contribution < -0.4 is 10.2 Å². The van der Waals surface area contributed by atoms with Crippen molar-refractivity contribution in [3.63, 3.8) is 0 Å². The lowest BCUT2D eigenvalue weighted by atomic mass is 10.2. The molecule has 4 nitrogen and oxygen atoms in total. The highest BCUT2D eigenvalue weighted by Gasteiger charge is 2.40. The van der Waals surface area contributed by atoms with E-state index in [1.54, 1.807) is 24.3 Å². The van der Waals surface area contributed by atoms with Crippen molar-refractivity contribution in [1.29, 1.82) is 0 Å². The van der Waals surface area contributed by atoms with Gasteiger partial charge in [0.05, 0.1) is 15.7 Å². The third kappa shape index (κ3) is 4.46. The summed E-state index contributed by atoms with van der Waals surface area (Å²) in [6.07, 6.45) is 0. The second-order valence-electron chi connectivity index (χ2n) is 6.75. The van der Waals surface area contributed by atoms with Gasteiger partial charge in [0.15, 0.2) is 0 Å². The Balaban J connectivity index is 1.76. The van der Waals surface area contributed by atoms with E-state index < -0.39 is 11.8 Å². The lowest BCUT2D eigenvalue weighted by molar-refractivity contribution is -0.120. The Morgan fingerprint density at radius 2 is 1.55 bits per heavy atom. The molecule has 3 aromatic carbocycles. The number of amides is 2. The molecule has 156 valence electrons. The van der Waals surface area contributed by atoms with Gasteiger partial charge in [-0.15, -0.1) is 0 Å². The highest BCUT2D eigenvalue weighted by molar-refractivity contribution is 8.04. The number of hydrogen-bond acceptors (Lipinski definition) is 4. The molecule has 1 N–H and O–H groups in total. The van der Waals surface area contributed by atoms with E-state index in [-0.39, 0.29) is 15.6 Å². The number of carbonyl (C=O) groups excluding carboxylic acids is 2. The summed E-state index contributed by atoms with van der Waals surface area (Å²) in [6.45, 7) is 1.89. The topological polar surface area (TPSA) is 49.4 Å². The SMILES string of the molecule is Cc1ccc(NC2=C(Sc3ccccc3)C(=O)N(c3ccc(Cl)c(Cl)c3)C2=O)cc1Cl. The van der Waals surface area contributed by atoms with Gasteiger partial charge in [-0.05, 0) is 55.0 Å². The lowest BCUT2D eigenvalue weighted by Crippen LogP contribution is -2.32. The Hall–Kier alpha value is -2.44. The van der Waals surface area contributed by atoms with Gasteiger partial charge in [-0.3, -0.25) is 9.59 Å². The molecule has 2 amide bonds. The van der Waals surface area contributed by atoms with E-state index in [4.69, 9.17) is 34.8 Å². The van der Waals surface area contributed by atoms with Gasteiger partial charge < -0.3 is 5.32 Å². The summed E-state index contributed by atoms with van der Waals surface area (Å²) in [6, 6.07) is 19.4. The van der Waals surface area contributed by atoms with Gasteiger partial charge >= 0.3 is 0 Å². The van der Waals surface area contributed by atoms with Crippen molar-refractivity contribution in [2.24, 2.45) is 0 Å². The molecule has 1 aliphatic heterocycles. The van der Waals surface area contributed by atoms with Crippen molar-refractivity contribution in [3.05, 3.63) is 98.0 Å². The minimum absolute atomic E-state index is 0.171. The zero-order valence-corrected chi connectivity index (χ0v) is 19.2. The van der Waals surface area contributed by atoms with E-state index in [1.165, 1.54) is 17.8 Å². The van der Waals surface area contributed by atoms with Gasteiger partial charge in [0, 0.05) is 15.6 Å². The zero-order chi connectivity index (χ0) is 22.1. The molecule has 0 radical (unpaired) electrons. The number of thioether (sulfide) groups is 1. The van der Waals surface area contributed by atoms with E-state index in [0.29, 0.717) is 21.4 Å². The van der Waals surface area contributed by atoms with Crippen LogP contribution in [0.5, 0.6) is 0 Å². The Labute approximate surface area is 198 Å². The Kier molecular flexibility index (Phi) is 6.30. The average Bonchev–Trinajstić information content (AvgIpc) is 2.97. The molecule has 4 rings (SSSR count). The molecule has 0 bridgehead atoms. The van der Waals surface area contributed by atoms with Crippen molar-refractivity contribution in [2.45, 2.75) is 11.8 Å². The van der Waals surface area contributed by atoms with Crippen LogP contribution in [-0.4, -0.2) is 11.8 Å². The van der Waals surface area contributed by atoms with E-state index in [2.05, 4.69) is 5.32 Å². The number of nitrogens with one attached hydrogen (secondary N) is 1. The van der Waals surface area contributed by atoms with Crippen LogP contribution in [0.4, 0.5) is 11.4 Å². The summed E-state index contributed by atoms with van der Waals surface area (Å²) < 4.78 is 0. The summed E-state index contributed by atoms with van der Waals surface area (Å²) in [5, 5.41) is 4.24. The number of benzene rings is 3. The molecule has 0 aromatic heterocycles. The van der Waals surface area contributed by atoms with Gasteiger partial charge in [0.2, 0.25) is 0 Å². The molecule has 0 saturated heterocycles. The first-order valence-electron chi connectivity index (χ1n) is 9.19. The molecule has 0 saturated carbocycles. The van der Waals surface area contributed by atoms with Crippen molar-refractivity contribution in [3.8, 4) is 0 Å². The quantitative estimate of drug-likeness (QED) is 0.394. The molecule has 0 spiro atoms. The van der Waals surface area contributed by atoms with E-state index in [9.17, 15) is 9.59 Å². The van der Waals surface area contributed by atoms with Crippen molar-refractivity contribution in [2.75, 3.05) is 10.2 Å². The molecule has 3 aromatic rings. The first kappa shape index (κ1) is 21.8. The third-order valence-electron chi connectivity index (χ3n) is 4.61. The first-order chi connectivity index (χ1) is 14.8. The summed E-state index contributed by atoms with van der Waals surface area (Å²) in [4.78, 5) is 28.8.